The summed E-state index contributed by atoms with van der Waals surface area (Å²) in [5.41, 5.74) is 4.76. The molecule has 0 aliphatic carbocycles. The minimum Gasteiger partial charge on any atom is -0.354 e. The molecule has 3 aromatic carbocycles. The largest absolute Gasteiger partial charge is 0.354 e. The molecule has 0 radical (unpaired) electrons. The lowest BCUT2D eigenvalue weighted by Crippen LogP contribution is -2.37. The summed E-state index contributed by atoms with van der Waals surface area (Å²) in [4.78, 5) is 24.4. The van der Waals surface area contributed by atoms with Gasteiger partial charge in [0.2, 0.25) is 5.91 Å². The highest BCUT2D eigenvalue weighted by Crippen LogP contribution is 2.19. The van der Waals surface area contributed by atoms with Crippen LogP contribution in [0.4, 0.5) is 0 Å². The van der Waals surface area contributed by atoms with Gasteiger partial charge in [-0.3, -0.25) is 9.59 Å². The second-order valence-corrected chi connectivity index (χ2v) is 7.34. The minimum atomic E-state index is -0.269. The number of carbonyl (C=O) groups excluding carboxylic acids is 2. The highest BCUT2D eigenvalue weighted by atomic mass is 16.2. The summed E-state index contributed by atoms with van der Waals surface area (Å²) < 4.78 is 1.80. The van der Waals surface area contributed by atoms with Crippen LogP contribution in [0.25, 0.3) is 16.8 Å². The van der Waals surface area contributed by atoms with Gasteiger partial charge in [-0.15, -0.1) is 0 Å². The number of benzene rings is 3. The number of amides is 2. The highest BCUT2D eigenvalue weighted by molar-refractivity contribution is 5.96. The van der Waals surface area contributed by atoms with E-state index in [2.05, 4.69) is 15.7 Å². The van der Waals surface area contributed by atoms with E-state index in [1.165, 1.54) is 0 Å². The van der Waals surface area contributed by atoms with Gasteiger partial charge in [0.25, 0.3) is 5.91 Å². The van der Waals surface area contributed by atoms with Crippen molar-refractivity contribution >= 4 is 11.8 Å². The molecule has 0 atom stereocenters. The monoisotopic (exact) mass is 424 g/mol. The van der Waals surface area contributed by atoms with Crippen molar-refractivity contribution in [3.05, 3.63) is 108 Å². The van der Waals surface area contributed by atoms with Crippen molar-refractivity contribution in [3.8, 4) is 16.8 Å². The molecular weight excluding hydrogens is 400 g/mol. The van der Waals surface area contributed by atoms with Gasteiger partial charge in [-0.25, -0.2) is 4.68 Å². The van der Waals surface area contributed by atoms with Gasteiger partial charge in [0.05, 0.1) is 12.2 Å². The molecule has 6 nitrogen and oxygen atoms in total. The first-order chi connectivity index (χ1) is 15.7. The van der Waals surface area contributed by atoms with Gasteiger partial charge in [-0.1, -0.05) is 54.6 Å². The number of rotatable bonds is 8. The molecule has 32 heavy (non-hydrogen) atoms. The maximum Gasteiger partial charge on any atom is 0.251 e. The van der Waals surface area contributed by atoms with E-state index >= 15 is 0 Å². The molecule has 6 heteroatoms. The second-order valence-electron chi connectivity index (χ2n) is 7.34. The number of nitrogens with zero attached hydrogens (tertiary/aromatic N) is 2. The van der Waals surface area contributed by atoms with Gasteiger partial charge >= 0.3 is 0 Å². The molecule has 0 aliphatic heterocycles. The minimum absolute atomic E-state index is 0.0580. The summed E-state index contributed by atoms with van der Waals surface area (Å²) >= 11 is 0. The van der Waals surface area contributed by atoms with Crippen LogP contribution in [0.15, 0.2) is 97.3 Å². The van der Waals surface area contributed by atoms with E-state index in [-0.39, 0.29) is 18.4 Å². The average Bonchev–Trinajstić information content (AvgIpc) is 3.39. The molecule has 0 saturated heterocycles. The van der Waals surface area contributed by atoms with Crippen LogP contribution in [0.2, 0.25) is 0 Å². The van der Waals surface area contributed by atoms with Crippen LogP contribution in [-0.4, -0.2) is 34.7 Å². The maximum absolute atomic E-state index is 12.3. The Hall–Kier alpha value is -4.19. The predicted octanol–water partition coefficient (Wildman–Crippen LogP) is 3.63. The standard InChI is InChI=1S/C26H24N4O2/c31-25(27-17-15-20-7-13-24(14-8-20)30-18-4-16-29-30)19-28-26(32)23-11-9-22(10-12-23)21-5-2-1-3-6-21/h1-14,16,18H,15,17,19H2,(H,27,31)(H,28,32). The van der Waals surface area contributed by atoms with E-state index in [9.17, 15) is 9.59 Å². The van der Waals surface area contributed by atoms with Crippen LogP contribution < -0.4 is 10.6 Å². The molecule has 2 N–H and O–H groups in total. The van der Waals surface area contributed by atoms with Crippen LogP contribution in [0.1, 0.15) is 15.9 Å². The Kier molecular flexibility index (Phi) is 6.72. The Labute approximate surface area is 186 Å². The first-order valence-corrected chi connectivity index (χ1v) is 10.5. The Morgan fingerprint density at radius 2 is 1.50 bits per heavy atom. The lowest BCUT2D eigenvalue weighted by Gasteiger charge is -2.08. The third kappa shape index (κ3) is 5.49. The van der Waals surface area contributed by atoms with Gasteiger partial charge < -0.3 is 10.6 Å². The number of carbonyl (C=O) groups is 2. The van der Waals surface area contributed by atoms with Crippen molar-refractivity contribution in [1.29, 1.82) is 0 Å². The SMILES string of the molecule is O=C(CNC(=O)c1ccc(-c2ccccc2)cc1)NCCc1ccc(-n2cccn2)cc1. The number of hydrogen-bond acceptors (Lipinski definition) is 3. The molecule has 0 spiro atoms. The number of hydrogen-bond donors (Lipinski definition) is 2. The molecule has 0 aliphatic rings. The number of aromatic nitrogens is 2. The van der Waals surface area contributed by atoms with Crippen LogP contribution in [-0.2, 0) is 11.2 Å². The van der Waals surface area contributed by atoms with Gasteiger partial charge in [-0.05, 0) is 53.4 Å². The third-order valence-electron chi connectivity index (χ3n) is 5.10. The van der Waals surface area contributed by atoms with Crippen LogP contribution in [0, 0.1) is 0 Å². The van der Waals surface area contributed by atoms with E-state index in [4.69, 9.17) is 0 Å². The van der Waals surface area contributed by atoms with E-state index in [0.29, 0.717) is 18.5 Å². The van der Waals surface area contributed by atoms with E-state index in [0.717, 1.165) is 22.4 Å². The molecule has 0 bridgehead atoms. The second kappa shape index (κ2) is 10.2. The average molecular weight is 425 g/mol. The van der Waals surface area contributed by atoms with Crippen molar-refractivity contribution in [2.24, 2.45) is 0 Å². The van der Waals surface area contributed by atoms with Gasteiger partial charge in [0, 0.05) is 24.5 Å². The Morgan fingerprint density at radius 1 is 0.781 bits per heavy atom. The third-order valence-corrected chi connectivity index (χ3v) is 5.10. The summed E-state index contributed by atoms with van der Waals surface area (Å²) in [6, 6.07) is 27.2. The lowest BCUT2D eigenvalue weighted by molar-refractivity contribution is -0.120. The zero-order valence-electron chi connectivity index (χ0n) is 17.6. The molecule has 4 aromatic rings. The fourth-order valence-corrected chi connectivity index (χ4v) is 3.35. The van der Waals surface area contributed by atoms with Crippen LogP contribution >= 0.6 is 0 Å². The summed E-state index contributed by atoms with van der Waals surface area (Å²) in [6.45, 7) is 0.444. The Morgan fingerprint density at radius 3 is 2.19 bits per heavy atom. The summed E-state index contributed by atoms with van der Waals surface area (Å²) in [6.07, 6.45) is 4.34. The molecule has 0 unspecified atom stereocenters. The molecule has 2 amide bonds. The smallest absolute Gasteiger partial charge is 0.251 e. The van der Waals surface area contributed by atoms with Crippen molar-refractivity contribution in [3.63, 3.8) is 0 Å². The highest BCUT2D eigenvalue weighted by Gasteiger charge is 2.08. The van der Waals surface area contributed by atoms with Crippen molar-refractivity contribution in [2.75, 3.05) is 13.1 Å². The van der Waals surface area contributed by atoms with E-state index < -0.39 is 0 Å². The lowest BCUT2D eigenvalue weighted by atomic mass is 10.0. The van der Waals surface area contributed by atoms with Crippen LogP contribution in [0.3, 0.4) is 0 Å². The summed E-state index contributed by atoms with van der Waals surface area (Å²) in [5.74, 6) is -0.485. The van der Waals surface area contributed by atoms with Gasteiger partial charge in [0.1, 0.15) is 0 Å². The first kappa shape index (κ1) is 21.1. The molecule has 0 saturated carbocycles. The zero-order valence-corrected chi connectivity index (χ0v) is 17.6. The quantitative estimate of drug-likeness (QED) is 0.454. The molecule has 1 aromatic heterocycles. The molecule has 160 valence electrons. The molecular formula is C26H24N4O2. The molecule has 1 heterocycles. The number of nitrogens with one attached hydrogen (secondary N) is 2. The van der Waals surface area contributed by atoms with Crippen molar-refractivity contribution in [1.82, 2.24) is 20.4 Å². The predicted molar refractivity (Wildman–Crippen MR) is 124 cm³/mol. The zero-order chi connectivity index (χ0) is 22.2. The van der Waals surface area contributed by atoms with Gasteiger partial charge in [0.15, 0.2) is 0 Å². The van der Waals surface area contributed by atoms with E-state index in [1.807, 2.05) is 79.0 Å². The van der Waals surface area contributed by atoms with Crippen molar-refractivity contribution in [2.45, 2.75) is 6.42 Å². The molecule has 4 rings (SSSR count). The maximum atomic E-state index is 12.3. The Bertz CT molecular complexity index is 1150. The van der Waals surface area contributed by atoms with Gasteiger partial charge in [-0.2, -0.15) is 5.10 Å². The van der Waals surface area contributed by atoms with Crippen molar-refractivity contribution < 1.29 is 9.59 Å². The Balaban J connectivity index is 1.20. The van der Waals surface area contributed by atoms with Crippen LogP contribution in [0.5, 0.6) is 0 Å². The fraction of sp³-hybridized carbons (Fsp3) is 0.115. The topological polar surface area (TPSA) is 76.0 Å². The fourth-order valence-electron chi connectivity index (χ4n) is 3.35. The first-order valence-electron chi connectivity index (χ1n) is 10.5. The van der Waals surface area contributed by atoms with E-state index in [1.54, 1.807) is 23.0 Å². The summed E-state index contributed by atoms with van der Waals surface area (Å²) in [5, 5.41) is 9.71. The summed E-state index contributed by atoms with van der Waals surface area (Å²) in [7, 11) is 0. The normalized spacial score (nSPS) is 10.5. The molecule has 0 fully saturated rings.